The molecule has 2 aromatic rings. The molecule has 1 saturated carbocycles. The van der Waals surface area contributed by atoms with Crippen molar-refractivity contribution in [3.8, 4) is 0 Å². The lowest BCUT2D eigenvalue weighted by Gasteiger charge is -2.19. The Morgan fingerprint density at radius 3 is 2.60 bits per heavy atom. The highest BCUT2D eigenvalue weighted by molar-refractivity contribution is 7.10. The molecule has 1 aromatic carbocycles. The van der Waals surface area contributed by atoms with Gasteiger partial charge in [-0.25, -0.2) is 4.39 Å². The molecule has 4 heteroatoms. The van der Waals surface area contributed by atoms with Crippen molar-refractivity contribution in [2.45, 2.75) is 25.0 Å². The molecule has 2 nitrogen and oxygen atoms in total. The van der Waals surface area contributed by atoms with Crippen LogP contribution in [0, 0.1) is 11.7 Å². The highest BCUT2D eigenvalue weighted by Crippen LogP contribution is 2.42. The second-order valence-corrected chi connectivity index (χ2v) is 6.29. The Bertz CT molecular complexity index is 536. The van der Waals surface area contributed by atoms with E-state index in [9.17, 15) is 9.50 Å². The smallest absolute Gasteiger partial charge is 0.123 e. The zero-order valence-corrected chi connectivity index (χ0v) is 11.9. The van der Waals surface area contributed by atoms with Gasteiger partial charge in [-0.2, -0.15) is 0 Å². The van der Waals surface area contributed by atoms with Crippen LogP contribution in [0.5, 0.6) is 0 Å². The molecular weight excluding hydrogens is 273 g/mol. The summed E-state index contributed by atoms with van der Waals surface area (Å²) in [7, 11) is 0. The Morgan fingerprint density at radius 1 is 1.25 bits per heavy atom. The third kappa shape index (κ3) is 3.26. The van der Waals surface area contributed by atoms with E-state index in [1.165, 1.54) is 29.9 Å². The van der Waals surface area contributed by atoms with Crippen molar-refractivity contribution in [2.24, 2.45) is 5.92 Å². The van der Waals surface area contributed by atoms with Gasteiger partial charge >= 0.3 is 0 Å². The van der Waals surface area contributed by atoms with Crippen molar-refractivity contribution < 1.29 is 9.50 Å². The van der Waals surface area contributed by atoms with E-state index in [2.05, 4.69) is 22.8 Å². The Morgan fingerprint density at radius 2 is 2.00 bits per heavy atom. The van der Waals surface area contributed by atoms with E-state index in [1.807, 2.05) is 0 Å². The average Bonchev–Trinajstić information content (AvgIpc) is 3.14. The molecule has 1 aromatic heterocycles. The molecular formula is C16H18FNOS. The van der Waals surface area contributed by atoms with Gasteiger partial charge in [-0.05, 0) is 47.9 Å². The van der Waals surface area contributed by atoms with Gasteiger partial charge in [-0.3, -0.25) is 0 Å². The minimum Gasteiger partial charge on any atom is -0.387 e. The number of aliphatic hydroxyl groups excluding tert-OH is 1. The number of aliphatic hydroxyl groups is 1. The second-order valence-electron chi connectivity index (χ2n) is 5.31. The molecule has 20 heavy (non-hydrogen) atoms. The Labute approximate surface area is 122 Å². The standard InChI is InChI=1S/C16H18FNOS/c17-13-7-5-11(6-8-13)14(19)10-18-16(12-3-4-12)15-2-1-9-20-15/h1-2,5-9,12,14,16,18-19H,3-4,10H2. The van der Waals surface area contributed by atoms with Crippen molar-refractivity contribution in [2.75, 3.05) is 6.54 Å². The van der Waals surface area contributed by atoms with Crippen LogP contribution in [0.15, 0.2) is 41.8 Å². The number of thiophene rings is 1. The topological polar surface area (TPSA) is 32.3 Å². The van der Waals surface area contributed by atoms with Crippen LogP contribution in [-0.4, -0.2) is 11.7 Å². The molecule has 0 radical (unpaired) electrons. The Kier molecular flexibility index (Phi) is 4.15. The molecule has 3 rings (SSSR count). The fourth-order valence-corrected chi connectivity index (χ4v) is 3.33. The van der Waals surface area contributed by atoms with Crippen LogP contribution in [-0.2, 0) is 0 Å². The lowest BCUT2D eigenvalue weighted by atomic mass is 10.1. The van der Waals surface area contributed by atoms with Crippen LogP contribution < -0.4 is 5.32 Å². The summed E-state index contributed by atoms with van der Waals surface area (Å²) in [5, 5.41) is 15.7. The minimum atomic E-state index is -0.600. The van der Waals surface area contributed by atoms with E-state index in [0.29, 0.717) is 18.5 Å². The zero-order chi connectivity index (χ0) is 13.9. The number of hydrogen-bond donors (Lipinski definition) is 2. The van der Waals surface area contributed by atoms with E-state index in [1.54, 1.807) is 23.5 Å². The number of rotatable bonds is 6. The maximum absolute atomic E-state index is 12.9. The SMILES string of the molecule is OC(CNC(c1cccs1)C1CC1)c1ccc(F)cc1. The van der Waals surface area contributed by atoms with Crippen LogP contribution in [0.3, 0.4) is 0 Å². The lowest BCUT2D eigenvalue weighted by Crippen LogP contribution is -2.27. The lowest BCUT2D eigenvalue weighted by molar-refractivity contribution is 0.168. The number of halogens is 1. The van der Waals surface area contributed by atoms with E-state index < -0.39 is 6.10 Å². The van der Waals surface area contributed by atoms with Gasteiger partial charge in [0.1, 0.15) is 5.82 Å². The molecule has 1 fully saturated rings. The number of nitrogens with one attached hydrogen (secondary N) is 1. The van der Waals surface area contributed by atoms with Gasteiger partial charge in [-0.1, -0.05) is 18.2 Å². The molecule has 1 aliphatic carbocycles. The van der Waals surface area contributed by atoms with E-state index >= 15 is 0 Å². The predicted molar refractivity (Wildman–Crippen MR) is 79.1 cm³/mol. The van der Waals surface area contributed by atoms with Crippen molar-refractivity contribution in [1.82, 2.24) is 5.32 Å². The van der Waals surface area contributed by atoms with Crippen molar-refractivity contribution in [1.29, 1.82) is 0 Å². The van der Waals surface area contributed by atoms with Gasteiger partial charge < -0.3 is 10.4 Å². The number of benzene rings is 1. The van der Waals surface area contributed by atoms with Gasteiger partial charge in [-0.15, -0.1) is 11.3 Å². The first kappa shape index (κ1) is 13.7. The molecule has 2 N–H and O–H groups in total. The summed E-state index contributed by atoms with van der Waals surface area (Å²) in [5.41, 5.74) is 0.750. The fourth-order valence-electron chi connectivity index (χ4n) is 2.44. The third-order valence-corrected chi connectivity index (χ3v) is 4.68. The summed E-state index contributed by atoms with van der Waals surface area (Å²) in [4.78, 5) is 1.33. The quantitative estimate of drug-likeness (QED) is 0.851. The van der Waals surface area contributed by atoms with Crippen LogP contribution in [0.1, 0.15) is 35.4 Å². The van der Waals surface area contributed by atoms with E-state index in [4.69, 9.17) is 0 Å². The Hall–Kier alpha value is -1.23. The highest BCUT2D eigenvalue weighted by Gasteiger charge is 2.32. The molecule has 0 spiro atoms. The van der Waals surface area contributed by atoms with Crippen molar-refractivity contribution in [3.05, 3.63) is 58.0 Å². The first-order chi connectivity index (χ1) is 9.74. The number of hydrogen-bond acceptors (Lipinski definition) is 3. The Balaban J connectivity index is 1.61. The van der Waals surface area contributed by atoms with Crippen LogP contribution in [0.25, 0.3) is 0 Å². The minimum absolute atomic E-state index is 0.275. The molecule has 1 heterocycles. The first-order valence-corrected chi connectivity index (χ1v) is 7.82. The molecule has 2 unspecified atom stereocenters. The molecule has 2 atom stereocenters. The van der Waals surface area contributed by atoms with Crippen LogP contribution in [0.4, 0.5) is 4.39 Å². The van der Waals surface area contributed by atoms with Crippen LogP contribution in [0.2, 0.25) is 0 Å². The summed E-state index contributed by atoms with van der Waals surface area (Å²) in [6.45, 7) is 0.491. The molecule has 0 saturated heterocycles. The van der Waals surface area contributed by atoms with Gasteiger partial charge in [0.05, 0.1) is 6.10 Å². The summed E-state index contributed by atoms with van der Waals surface area (Å²) in [6.07, 6.45) is 1.90. The average molecular weight is 291 g/mol. The molecule has 0 bridgehead atoms. The van der Waals surface area contributed by atoms with E-state index in [-0.39, 0.29) is 5.82 Å². The van der Waals surface area contributed by atoms with Gasteiger partial charge in [0, 0.05) is 17.5 Å². The van der Waals surface area contributed by atoms with Gasteiger partial charge in [0.25, 0.3) is 0 Å². The molecule has 0 amide bonds. The molecule has 106 valence electrons. The maximum atomic E-state index is 12.9. The van der Waals surface area contributed by atoms with Gasteiger partial charge in [0.15, 0.2) is 0 Å². The van der Waals surface area contributed by atoms with Crippen molar-refractivity contribution >= 4 is 11.3 Å². The summed E-state index contributed by atoms with van der Waals surface area (Å²) >= 11 is 1.76. The second kappa shape index (κ2) is 6.04. The zero-order valence-electron chi connectivity index (χ0n) is 11.1. The predicted octanol–water partition coefficient (Wildman–Crippen LogP) is 3.66. The van der Waals surface area contributed by atoms with E-state index in [0.717, 1.165) is 5.56 Å². The summed E-state index contributed by atoms with van der Waals surface area (Å²) < 4.78 is 12.9. The largest absolute Gasteiger partial charge is 0.387 e. The fraction of sp³-hybridized carbons (Fsp3) is 0.375. The van der Waals surface area contributed by atoms with Crippen molar-refractivity contribution in [3.63, 3.8) is 0 Å². The normalized spacial score (nSPS) is 17.9. The summed E-state index contributed by atoms with van der Waals surface area (Å²) in [6, 6.07) is 10.6. The third-order valence-electron chi connectivity index (χ3n) is 3.73. The molecule has 0 aliphatic heterocycles. The monoisotopic (exact) mass is 291 g/mol. The maximum Gasteiger partial charge on any atom is 0.123 e. The molecule has 1 aliphatic rings. The van der Waals surface area contributed by atoms with Gasteiger partial charge in [0.2, 0.25) is 0 Å². The summed E-state index contributed by atoms with van der Waals surface area (Å²) in [5.74, 6) is 0.414. The van der Waals surface area contributed by atoms with Crippen LogP contribution >= 0.6 is 11.3 Å². The highest BCUT2D eigenvalue weighted by atomic mass is 32.1. The first-order valence-electron chi connectivity index (χ1n) is 6.94.